The van der Waals surface area contributed by atoms with Gasteiger partial charge in [-0.3, -0.25) is 0 Å². The average molecular weight is 424 g/mol. The Bertz CT molecular complexity index is 635. The summed E-state index contributed by atoms with van der Waals surface area (Å²) in [7, 11) is 0. The second-order valence-corrected chi connectivity index (χ2v) is 6.24. The summed E-state index contributed by atoms with van der Waals surface area (Å²) >= 11 is 12.7. The van der Waals surface area contributed by atoms with Crippen molar-refractivity contribution in [2.75, 3.05) is 0 Å². The third-order valence-electron chi connectivity index (χ3n) is 2.64. The highest BCUT2D eigenvalue weighted by Crippen LogP contribution is 2.34. The number of aliphatic hydroxyl groups is 1. The molecule has 0 aliphatic rings. The summed E-state index contributed by atoms with van der Waals surface area (Å²) in [5, 5.41) is 9.67. The molecular weight excluding hydrogens is 414 g/mol. The van der Waals surface area contributed by atoms with E-state index in [1.54, 1.807) is 12.1 Å². The molecule has 0 unspecified atom stereocenters. The summed E-state index contributed by atoms with van der Waals surface area (Å²) in [6.45, 7) is 0.0386. The maximum absolute atomic E-state index is 13.0. The van der Waals surface area contributed by atoms with E-state index in [-0.39, 0.29) is 19.0 Å². The molecule has 2 rings (SSSR count). The van der Waals surface area contributed by atoms with Crippen molar-refractivity contribution >= 4 is 43.5 Å². The summed E-state index contributed by atoms with van der Waals surface area (Å²) in [6, 6.07) is 7.73. The molecule has 0 saturated heterocycles. The lowest BCUT2D eigenvalue weighted by molar-refractivity contribution is 0.258. The highest BCUT2D eigenvalue weighted by Gasteiger charge is 2.11. The molecule has 6 heteroatoms. The van der Waals surface area contributed by atoms with Crippen LogP contribution < -0.4 is 4.74 Å². The Morgan fingerprint density at radius 1 is 1.15 bits per heavy atom. The van der Waals surface area contributed by atoms with Gasteiger partial charge in [-0.1, -0.05) is 33.6 Å². The zero-order valence-corrected chi connectivity index (χ0v) is 14.1. The van der Waals surface area contributed by atoms with Crippen molar-refractivity contribution in [3.63, 3.8) is 0 Å². The third kappa shape index (κ3) is 3.73. The van der Waals surface area contributed by atoms with Crippen molar-refractivity contribution in [2.45, 2.75) is 13.2 Å². The molecule has 20 heavy (non-hydrogen) atoms. The van der Waals surface area contributed by atoms with Gasteiger partial charge in [0.2, 0.25) is 0 Å². The first-order valence-corrected chi connectivity index (χ1v) is 7.63. The first kappa shape index (κ1) is 15.8. The van der Waals surface area contributed by atoms with Gasteiger partial charge in [-0.25, -0.2) is 4.39 Å². The zero-order valence-electron chi connectivity index (χ0n) is 10.2. The molecule has 2 aromatic carbocycles. The molecule has 2 aromatic rings. The Hall–Kier alpha value is -0.620. The molecule has 0 aliphatic heterocycles. The summed E-state index contributed by atoms with van der Waals surface area (Å²) in [6.07, 6.45) is 0. The fourth-order valence-electron chi connectivity index (χ4n) is 1.68. The van der Waals surface area contributed by atoms with Gasteiger partial charge in [0.1, 0.15) is 18.2 Å². The van der Waals surface area contributed by atoms with Crippen LogP contribution in [0.5, 0.6) is 5.75 Å². The molecule has 0 bridgehead atoms. The van der Waals surface area contributed by atoms with E-state index < -0.39 is 0 Å². The van der Waals surface area contributed by atoms with Gasteiger partial charge in [0.15, 0.2) is 0 Å². The van der Waals surface area contributed by atoms with Gasteiger partial charge in [0.05, 0.1) is 16.1 Å². The number of halogens is 4. The van der Waals surface area contributed by atoms with Crippen LogP contribution in [-0.4, -0.2) is 5.11 Å². The molecule has 0 amide bonds. The smallest absolute Gasteiger partial charge is 0.139 e. The van der Waals surface area contributed by atoms with Crippen LogP contribution in [0.1, 0.15) is 11.1 Å². The quantitative estimate of drug-likeness (QED) is 0.742. The predicted molar refractivity (Wildman–Crippen MR) is 83.5 cm³/mol. The third-order valence-corrected chi connectivity index (χ3v) is 4.04. The van der Waals surface area contributed by atoms with Crippen LogP contribution in [0.15, 0.2) is 39.3 Å². The van der Waals surface area contributed by atoms with Crippen LogP contribution >= 0.6 is 43.5 Å². The fourth-order valence-corrected chi connectivity index (χ4v) is 3.33. The van der Waals surface area contributed by atoms with Gasteiger partial charge in [0.25, 0.3) is 0 Å². The van der Waals surface area contributed by atoms with Gasteiger partial charge < -0.3 is 9.84 Å². The highest BCUT2D eigenvalue weighted by molar-refractivity contribution is 9.11. The van der Waals surface area contributed by atoms with E-state index >= 15 is 0 Å². The number of hydrogen-bond acceptors (Lipinski definition) is 2. The fraction of sp³-hybridized carbons (Fsp3) is 0.143. The van der Waals surface area contributed by atoms with Crippen LogP contribution in [0.4, 0.5) is 4.39 Å². The minimum atomic E-state index is -0.389. The van der Waals surface area contributed by atoms with Crippen molar-refractivity contribution in [1.82, 2.24) is 0 Å². The van der Waals surface area contributed by atoms with Crippen LogP contribution in [-0.2, 0) is 13.2 Å². The van der Waals surface area contributed by atoms with E-state index in [4.69, 9.17) is 16.3 Å². The number of hydrogen-bond donors (Lipinski definition) is 1. The van der Waals surface area contributed by atoms with Gasteiger partial charge in [-0.05, 0) is 40.2 Å². The topological polar surface area (TPSA) is 29.5 Å². The minimum Gasteiger partial charge on any atom is -0.487 e. The maximum Gasteiger partial charge on any atom is 0.139 e. The van der Waals surface area contributed by atoms with E-state index in [2.05, 4.69) is 31.9 Å². The van der Waals surface area contributed by atoms with Crippen LogP contribution in [0, 0.1) is 5.82 Å². The molecule has 0 radical (unpaired) electrons. The Balaban J connectivity index is 2.22. The summed E-state index contributed by atoms with van der Waals surface area (Å²) in [4.78, 5) is 0. The highest BCUT2D eigenvalue weighted by atomic mass is 79.9. The average Bonchev–Trinajstić information content (AvgIpc) is 2.38. The van der Waals surface area contributed by atoms with Crippen LogP contribution in [0.2, 0.25) is 5.02 Å². The number of ether oxygens (including phenoxy) is 1. The normalized spacial score (nSPS) is 10.7. The first-order chi connectivity index (χ1) is 9.51. The Morgan fingerprint density at radius 2 is 1.90 bits per heavy atom. The minimum absolute atomic E-state index is 0.148. The first-order valence-electron chi connectivity index (χ1n) is 5.66. The monoisotopic (exact) mass is 422 g/mol. The lowest BCUT2D eigenvalue weighted by Gasteiger charge is -2.13. The van der Waals surface area contributed by atoms with Gasteiger partial charge >= 0.3 is 0 Å². The van der Waals surface area contributed by atoms with Gasteiger partial charge in [0, 0.05) is 15.6 Å². The Labute approximate surface area is 137 Å². The largest absolute Gasteiger partial charge is 0.487 e. The SMILES string of the molecule is OCc1cc(Br)cc(Br)c1OCc1ccc(F)cc1Cl. The molecule has 0 spiro atoms. The van der Waals surface area contributed by atoms with E-state index in [9.17, 15) is 9.50 Å². The van der Waals surface area contributed by atoms with Gasteiger partial charge in [-0.2, -0.15) is 0 Å². The van der Waals surface area contributed by atoms with Crippen molar-refractivity contribution in [2.24, 2.45) is 0 Å². The summed E-state index contributed by atoms with van der Waals surface area (Å²) in [5.41, 5.74) is 1.32. The molecule has 0 aliphatic carbocycles. The molecule has 0 atom stereocenters. The molecule has 1 N–H and O–H groups in total. The summed E-state index contributed by atoms with van der Waals surface area (Å²) < 4.78 is 20.2. The van der Waals surface area contributed by atoms with Crippen molar-refractivity contribution in [3.05, 3.63) is 61.2 Å². The lowest BCUT2D eigenvalue weighted by Crippen LogP contribution is -2.01. The summed E-state index contributed by atoms with van der Waals surface area (Å²) in [5.74, 6) is 0.149. The number of aliphatic hydroxyl groups excluding tert-OH is 1. The van der Waals surface area contributed by atoms with Crippen molar-refractivity contribution < 1.29 is 14.2 Å². The van der Waals surface area contributed by atoms with Crippen LogP contribution in [0.3, 0.4) is 0 Å². The van der Waals surface area contributed by atoms with E-state index in [1.807, 2.05) is 6.07 Å². The number of benzene rings is 2. The molecule has 0 aromatic heterocycles. The second-order valence-electron chi connectivity index (χ2n) is 4.06. The zero-order chi connectivity index (χ0) is 14.7. The van der Waals surface area contributed by atoms with Crippen molar-refractivity contribution in [3.8, 4) is 5.75 Å². The molecule has 0 fully saturated rings. The predicted octanol–water partition coefficient (Wildman–Crippen LogP) is 5.08. The molecule has 0 heterocycles. The lowest BCUT2D eigenvalue weighted by atomic mass is 10.2. The standard InChI is InChI=1S/C14H10Br2ClFO2/c15-10-3-9(6-19)14(12(16)4-10)20-7-8-1-2-11(18)5-13(8)17/h1-5,19H,6-7H2. The number of rotatable bonds is 4. The van der Waals surface area contributed by atoms with E-state index in [0.29, 0.717) is 26.4 Å². The van der Waals surface area contributed by atoms with Crippen molar-refractivity contribution in [1.29, 1.82) is 0 Å². The Morgan fingerprint density at radius 3 is 2.55 bits per heavy atom. The van der Waals surface area contributed by atoms with E-state index in [1.165, 1.54) is 12.1 Å². The maximum atomic E-state index is 13.0. The molecule has 106 valence electrons. The van der Waals surface area contributed by atoms with E-state index in [0.717, 1.165) is 4.47 Å². The van der Waals surface area contributed by atoms with Crippen LogP contribution in [0.25, 0.3) is 0 Å². The molecular formula is C14H10Br2ClFO2. The molecule has 0 saturated carbocycles. The molecule has 2 nitrogen and oxygen atoms in total. The van der Waals surface area contributed by atoms with Gasteiger partial charge in [-0.15, -0.1) is 0 Å². The second kappa shape index (κ2) is 6.89. The Kier molecular flexibility index (Phi) is 5.43.